The molecule has 0 bridgehead atoms. The Balaban J connectivity index is 1.95. The van der Waals surface area contributed by atoms with Crippen LogP contribution in [0.2, 0.25) is 0 Å². The number of amides is 1. The summed E-state index contributed by atoms with van der Waals surface area (Å²) in [4.78, 5) is 24.3. The fourth-order valence-electron chi connectivity index (χ4n) is 1.66. The lowest BCUT2D eigenvalue weighted by Gasteiger charge is -2.25. The Hall–Kier alpha value is -1.30. The minimum Gasteiger partial charge on any atom is -0.466 e. The smallest absolute Gasteiger partial charge is 0.409 e. The molecule has 0 radical (unpaired) electrons. The van der Waals surface area contributed by atoms with Crippen LogP contribution in [0.15, 0.2) is 0 Å². The summed E-state index contributed by atoms with van der Waals surface area (Å²) in [6, 6.07) is 0. The number of ether oxygens (including phenoxy) is 3. The molecule has 0 N–H and O–H groups in total. The molecule has 1 amide bonds. The highest BCUT2D eigenvalue weighted by molar-refractivity contribution is 5.69. The van der Waals surface area contributed by atoms with Gasteiger partial charge in [0.05, 0.1) is 26.4 Å². The molecule has 0 aromatic heterocycles. The van der Waals surface area contributed by atoms with E-state index >= 15 is 0 Å². The van der Waals surface area contributed by atoms with Gasteiger partial charge in [0.15, 0.2) is 0 Å². The molecule has 1 saturated heterocycles. The van der Waals surface area contributed by atoms with Crippen molar-refractivity contribution in [2.75, 3.05) is 39.5 Å². The van der Waals surface area contributed by atoms with Crippen LogP contribution in [0, 0.1) is 0 Å². The zero-order chi connectivity index (χ0) is 13.9. The molecule has 0 spiro atoms. The highest BCUT2D eigenvalue weighted by Gasteiger charge is 2.17. The summed E-state index contributed by atoms with van der Waals surface area (Å²) >= 11 is 0. The Morgan fingerprint density at radius 1 is 1.11 bits per heavy atom. The molecule has 0 aliphatic carbocycles. The Bertz CT molecular complexity index is 276. The fourth-order valence-corrected chi connectivity index (χ4v) is 1.66. The minimum atomic E-state index is -0.286. The van der Waals surface area contributed by atoms with Gasteiger partial charge in [0.1, 0.15) is 0 Å². The number of carbonyl (C=O) groups excluding carboxylic acids is 2. The van der Waals surface area contributed by atoms with Crippen molar-refractivity contribution in [3.05, 3.63) is 0 Å². The maximum Gasteiger partial charge on any atom is 0.409 e. The lowest BCUT2D eigenvalue weighted by Crippen LogP contribution is -2.41. The fraction of sp³-hybridized carbons (Fsp3) is 0.846. The average Bonchev–Trinajstić information content (AvgIpc) is 2.43. The summed E-state index contributed by atoms with van der Waals surface area (Å²) in [5.74, 6) is -0.159. The normalized spacial score (nSPS) is 15.1. The molecule has 1 aliphatic rings. The summed E-state index contributed by atoms with van der Waals surface area (Å²) in [7, 11) is 0. The molecule has 0 aromatic rings. The van der Waals surface area contributed by atoms with Crippen molar-refractivity contribution in [2.24, 2.45) is 0 Å². The standard InChI is InChI=1S/C13H23NO5/c1-2-5-12(15)18-8-3-4-9-19-13(16)14-6-10-17-11-7-14/h2-11H2,1H3. The molecule has 110 valence electrons. The van der Waals surface area contributed by atoms with Crippen LogP contribution < -0.4 is 0 Å². The van der Waals surface area contributed by atoms with Crippen molar-refractivity contribution < 1.29 is 23.8 Å². The molecule has 6 heteroatoms. The number of nitrogens with zero attached hydrogens (tertiary/aromatic N) is 1. The molecule has 1 fully saturated rings. The Labute approximate surface area is 114 Å². The maximum atomic E-state index is 11.6. The van der Waals surface area contributed by atoms with E-state index in [0.29, 0.717) is 58.8 Å². The number of unbranched alkanes of at least 4 members (excludes halogenated alkanes) is 1. The molecule has 1 heterocycles. The van der Waals surface area contributed by atoms with Crippen molar-refractivity contribution in [1.29, 1.82) is 0 Å². The van der Waals surface area contributed by atoms with Gasteiger partial charge < -0.3 is 19.1 Å². The summed E-state index contributed by atoms with van der Waals surface area (Å²) in [6.07, 6.45) is 2.40. The van der Waals surface area contributed by atoms with E-state index in [0.717, 1.165) is 6.42 Å². The molecule has 0 atom stereocenters. The van der Waals surface area contributed by atoms with Gasteiger partial charge in [0.25, 0.3) is 0 Å². The van der Waals surface area contributed by atoms with E-state index in [-0.39, 0.29) is 12.1 Å². The Kier molecular flexibility index (Phi) is 7.97. The van der Waals surface area contributed by atoms with Crippen LogP contribution in [0.4, 0.5) is 4.79 Å². The van der Waals surface area contributed by atoms with E-state index in [1.54, 1.807) is 4.90 Å². The van der Waals surface area contributed by atoms with E-state index in [4.69, 9.17) is 14.2 Å². The highest BCUT2D eigenvalue weighted by Crippen LogP contribution is 2.01. The van der Waals surface area contributed by atoms with Crippen LogP contribution in [-0.4, -0.2) is 56.5 Å². The average molecular weight is 273 g/mol. The van der Waals surface area contributed by atoms with E-state index in [1.807, 2.05) is 6.92 Å². The first-order valence-electron chi connectivity index (χ1n) is 6.89. The van der Waals surface area contributed by atoms with Crippen LogP contribution >= 0.6 is 0 Å². The summed E-state index contributed by atoms with van der Waals surface area (Å²) in [5.41, 5.74) is 0. The van der Waals surface area contributed by atoms with Gasteiger partial charge >= 0.3 is 12.1 Å². The lowest BCUT2D eigenvalue weighted by molar-refractivity contribution is -0.143. The molecule has 1 rings (SSSR count). The molecule has 1 aliphatic heterocycles. The molecule has 0 saturated carbocycles. The number of hydrogen-bond acceptors (Lipinski definition) is 5. The molecule has 6 nitrogen and oxygen atoms in total. The molecule has 19 heavy (non-hydrogen) atoms. The predicted octanol–water partition coefficient (Wildman–Crippen LogP) is 1.58. The third-order valence-corrected chi connectivity index (χ3v) is 2.75. The first kappa shape index (κ1) is 15.8. The first-order chi connectivity index (χ1) is 9.24. The van der Waals surface area contributed by atoms with Gasteiger partial charge in [-0.1, -0.05) is 6.92 Å². The van der Waals surface area contributed by atoms with Crippen molar-refractivity contribution >= 4 is 12.1 Å². The summed E-state index contributed by atoms with van der Waals surface area (Å²) < 4.78 is 15.3. The second-order valence-electron chi connectivity index (χ2n) is 4.39. The second-order valence-corrected chi connectivity index (χ2v) is 4.39. The maximum absolute atomic E-state index is 11.6. The summed E-state index contributed by atoms with van der Waals surface area (Å²) in [6.45, 7) is 5.02. The molecule has 0 unspecified atom stereocenters. The van der Waals surface area contributed by atoms with Gasteiger partial charge in [-0.25, -0.2) is 4.79 Å². The number of rotatable bonds is 7. The molecular weight excluding hydrogens is 250 g/mol. The monoisotopic (exact) mass is 273 g/mol. The number of esters is 1. The van der Waals surface area contributed by atoms with Crippen LogP contribution in [0.25, 0.3) is 0 Å². The SMILES string of the molecule is CCCC(=O)OCCCCOC(=O)N1CCOCC1. The largest absolute Gasteiger partial charge is 0.466 e. The molecular formula is C13H23NO5. The third kappa shape index (κ3) is 7.00. The van der Waals surface area contributed by atoms with E-state index < -0.39 is 0 Å². The van der Waals surface area contributed by atoms with Crippen LogP contribution in [0.5, 0.6) is 0 Å². The second kappa shape index (κ2) is 9.61. The van der Waals surface area contributed by atoms with Crippen molar-refractivity contribution in [2.45, 2.75) is 32.6 Å². The zero-order valence-corrected chi connectivity index (χ0v) is 11.6. The Morgan fingerprint density at radius 3 is 2.37 bits per heavy atom. The van der Waals surface area contributed by atoms with Gasteiger partial charge in [-0.05, 0) is 19.3 Å². The number of carbonyl (C=O) groups is 2. The molecule has 0 aromatic carbocycles. The van der Waals surface area contributed by atoms with Gasteiger partial charge in [0.2, 0.25) is 0 Å². The topological polar surface area (TPSA) is 65.1 Å². The zero-order valence-electron chi connectivity index (χ0n) is 11.6. The lowest BCUT2D eigenvalue weighted by atomic mass is 10.3. The minimum absolute atomic E-state index is 0.159. The Morgan fingerprint density at radius 2 is 1.74 bits per heavy atom. The predicted molar refractivity (Wildman–Crippen MR) is 68.8 cm³/mol. The van der Waals surface area contributed by atoms with Crippen LogP contribution in [-0.2, 0) is 19.0 Å². The van der Waals surface area contributed by atoms with Gasteiger partial charge in [-0.15, -0.1) is 0 Å². The highest BCUT2D eigenvalue weighted by atomic mass is 16.6. The third-order valence-electron chi connectivity index (χ3n) is 2.75. The number of morpholine rings is 1. The van der Waals surface area contributed by atoms with Gasteiger partial charge in [-0.2, -0.15) is 0 Å². The van der Waals surface area contributed by atoms with E-state index in [2.05, 4.69) is 0 Å². The van der Waals surface area contributed by atoms with Crippen LogP contribution in [0.3, 0.4) is 0 Å². The quantitative estimate of drug-likeness (QED) is 0.520. The van der Waals surface area contributed by atoms with E-state index in [1.165, 1.54) is 0 Å². The van der Waals surface area contributed by atoms with Crippen molar-refractivity contribution in [3.8, 4) is 0 Å². The van der Waals surface area contributed by atoms with Crippen molar-refractivity contribution in [3.63, 3.8) is 0 Å². The first-order valence-corrected chi connectivity index (χ1v) is 6.89. The van der Waals surface area contributed by atoms with Gasteiger partial charge in [-0.3, -0.25) is 4.79 Å². The summed E-state index contributed by atoms with van der Waals surface area (Å²) in [5, 5.41) is 0. The van der Waals surface area contributed by atoms with E-state index in [9.17, 15) is 9.59 Å². The van der Waals surface area contributed by atoms with Crippen LogP contribution in [0.1, 0.15) is 32.6 Å². The van der Waals surface area contributed by atoms with Gasteiger partial charge in [0, 0.05) is 19.5 Å². The van der Waals surface area contributed by atoms with Crippen molar-refractivity contribution in [1.82, 2.24) is 4.90 Å². The number of hydrogen-bond donors (Lipinski definition) is 0.